The Bertz CT molecular complexity index is 942. The number of carboxylic acids is 1. The van der Waals surface area contributed by atoms with Crippen molar-refractivity contribution in [3.8, 4) is 6.07 Å². The molecule has 0 bridgehead atoms. The standard InChI is InChI=1S/C15H15N7O3S3/c1-21-14(18-19-20-21)28-6-15(17-10(26)8-4-7(8)5-16)12(25)22-9(11(23)24)2-3-27-13(15)22/h2,7-8,13H,3-4,6H2,1H3,(H,17,26)(H,23,24)/t7-,8-,13-,15?/m0/s1. The summed E-state index contributed by atoms with van der Waals surface area (Å²) in [6, 6.07) is 2.19. The van der Waals surface area contributed by atoms with E-state index in [0.717, 1.165) is 0 Å². The van der Waals surface area contributed by atoms with E-state index in [1.165, 1.54) is 39.2 Å². The largest absolute Gasteiger partial charge is 0.477 e. The highest BCUT2D eigenvalue weighted by molar-refractivity contribution is 8.01. The molecule has 0 aromatic carbocycles. The second-order valence-electron chi connectivity index (χ2n) is 6.67. The molecular formula is C15H15N7O3S3. The average Bonchev–Trinajstić information content (AvgIpc) is 3.38. The highest BCUT2D eigenvalue weighted by Crippen LogP contribution is 2.47. The van der Waals surface area contributed by atoms with Crippen LogP contribution in [0.4, 0.5) is 0 Å². The summed E-state index contributed by atoms with van der Waals surface area (Å²) in [4.78, 5) is 26.5. The topological polar surface area (TPSA) is 137 Å². The van der Waals surface area contributed by atoms with E-state index in [1.54, 1.807) is 7.05 Å². The SMILES string of the molecule is Cn1nnnc1SCC1(NC(=S)[C@H]2C[C@H]2C#N)C(=O)N2C(C(=O)O)=CCS[C@H]21. The molecule has 2 fully saturated rings. The number of aromatic nitrogens is 4. The Balaban J connectivity index is 1.59. The summed E-state index contributed by atoms with van der Waals surface area (Å²) >= 11 is 8.24. The van der Waals surface area contributed by atoms with Crippen molar-refractivity contribution >= 4 is 52.6 Å². The molecule has 2 aliphatic heterocycles. The minimum atomic E-state index is -1.13. The van der Waals surface area contributed by atoms with Crippen LogP contribution in [0.25, 0.3) is 0 Å². The van der Waals surface area contributed by atoms with Gasteiger partial charge in [-0.15, -0.1) is 16.9 Å². The van der Waals surface area contributed by atoms with E-state index >= 15 is 0 Å². The number of rotatable bonds is 6. The minimum Gasteiger partial charge on any atom is -0.477 e. The highest BCUT2D eigenvalue weighted by atomic mass is 32.2. The minimum absolute atomic E-state index is 0.0104. The number of thiocarbonyl (C=S) groups is 1. The van der Waals surface area contributed by atoms with Gasteiger partial charge in [-0.05, 0) is 22.9 Å². The zero-order valence-corrected chi connectivity index (χ0v) is 17.1. The van der Waals surface area contributed by atoms with Gasteiger partial charge < -0.3 is 10.4 Å². The predicted molar refractivity (Wildman–Crippen MR) is 104 cm³/mol. The lowest BCUT2D eigenvalue weighted by atomic mass is 9.88. The lowest BCUT2D eigenvalue weighted by Gasteiger charge is -2.56. The number of thioether (sulfide) groups is 2. The molecule has 4 atom stereocenters. The third kappa shape index (κ3) is 2.96. The maximum absolute atomic E-state index is 13.2. The summed E-state index contributed by atoms with van der Waals surface area (Å²) in [5.41, 5.74) is -1.08. The lowest BCUT2D eigenvalue weighted by Crippen LogP contribution is -2.80. The fraction of sp³-hybridized carbons (Fsp3) is 0.533. The number of tetrazole rings is 1. The molecule has 1 saturated heterocycles. The van der Waals surface area contributed by atoms with Crippen molar-refractivity contribution in [3.05, 3.63) is 11.8 Å². The van der Waals surface area contributed by atoms with Crippen LogP contribution < -0.4 is 5.32 Å². The highest BCUT2D eigenvalue weighted by Gasteiger charge is 2.65. The van der Waals surface area contributed by atoms with E-state index < -0.39 is 16.9 Å². The lowest BCUT2D eigenvalue weighted by molar-refractivity contribution is -0.154. The van der Waals surface area contributed by atoms with Crippen molar-refractivity contribution in [2.75, 3.05) is 11.5 Å². The Labute approximate surface area is 173 Å². The molecule has 1 saturated carbocycles. The van der Waals surface area contributed by atoms with Crippen LogP contribution in [0.5, 0.6) is 0 Å². The van der Waals surface area contributed by atoms with E-state index in [2.05, 4.69) is 26.9 Å². The zero-order valence-electron chi connectivity index (χ0n) is 14.6. The number of carbonyl (C=O) groups excluding carboxylic acids is 1. The van der Waals surface area contributed by atoms with Gasteiger partial charge in [-0.2, -0.15) is 5.26 Å². The van der Waals surface area contributed by atoms with Gasteiger partial charge in [-0.25, -0.2) is 9.48 Å². The first kappa shape index (κ1) is 19.2. The molecule has 3 heterocycles. The molecule has 4 rings (SSSR count). The Morgan fingerprint density at radius 3 is 3.04 bits per heavy atom. The van der Waals surface area contributed by atoms with Crippen molar-refractivity contribution in [2.45, 2.75) is 22.5 Å². The zero-order chi connectivity index (χ0) is 20.1. The number of nitriles is 1. The molecule has 2 N–H and O–H groups in total. The van der Waals surface area contributed by atoms with Crippen LogP contribution >= 0.6 is 35.7 Å². The predicted octanol–water partition coefficient (Wildman–Crippen LogP) is 0.00128. The smallest absolute Gasteiger partial charge is 0.352 e. The molecule has 1 amide bonds. The van der Waals surface area contributed by atoms with Crippen molar-refractivity contribution in [1.29, 1.82) is 5.26 Å². The summed E-state index contributed by atoms with van der Waals surface area (Å²) in [6.07, 6.45) is 2.21. The van der Waals surface area contributed by atoms with Crippen molar-refractivity contribution in [2.24, 2.45) is 18.9 Å². The first-order chi connectivity index (χ1) is 13.4. The molecule has 10 nitrogen and oxygen atoms in total. The van der Waals surface area contributed by atoms with Gasteiger partial charge in [0.15, 0.2) is 5.54 Å². The van der Waals surface area contributed by atoms with Crippen LogP contribution in [0.1, 0.15) is 6.42 Å². The molecule has 146 valence electrons. The molecule has 3 aliphatic rings. The van der Waals surface area contributed by atoms with Gasteiger partial charge >= 0.3 is 5.97 Å². The van der Waals surface area contributed by atoms with Gasteiger partial charge in [0.05, 0.1) is 17.0 Å². The number of nitrogens with one attached hydrogen (secondary N) is 1. The van der Waals surface area contributed by atoms with E-state index in [1.807, 2.05) is 0 Å². The van der Waals surface area contributed by atoms with Crippen LogP contribution in [0.3, 0.4) is 0 Å². The summed E-state index contributed by atoms with van der Waals surface area (Å²) < 4.78 is 1.50. The van der Waals surface area contributed by atoms with Crippen LogP contribution in [0.2, 0.25) is 0 Å². The molecule has 13 heteroatoms. The molecule has 1 aromatic rings. The van der Waals surface area contributed by atoms with Crippen LogP contribution in [0.15, 0.2) is 16.9 Å². The Morgan fingerprint density at radius 1 is 1.64 bits per heavy atom. The van der Waals surface area contributed by atoms with Gasteiger partial charge in [0.25, 0.3) is 5.91 Å². The summed E-state index contributed by atoms with van der Waals surface area (Å²) in [5, 5.41) is 33.1. The normalized spacial score (nSPS) is 30.6. The molecule has 0 radical (unpaired) electrons. The molecule has 0 spiro atoms. The number of hydrogen-bond acceptors (Lipinski definition) is 9. The first-order valence-electron chi connectivity index (χ1n) is 8.34. The maximum atomic E-state index is 13.2. The third-order valence-corrected chi connectivity index (χ3v) is 7.81. The van der Waals surface area contributed by atoms with Crippen molar-refractivity contribution in [3.63, 3.8) is 0 Å². The Kier molecular flexibility index (Phi) is 4.80. The van der Waals surface area contributed by atoms with Crippen molar-refractivity contribution in [1.82, 2.24) is 30.4 Å². The fourth-order valence-electron chi connectivity index (χ4n) is 3.29. The number of aryl methyl sites for hydroxylation is 1. The number of hydrogen-bond donors (Lipinski definition) is 2. The van der Waals surface area contributed by atoms with Crippen LogP contribution in [-0.2, 0) is 16.6 Å². The molecule has 1 aromatic heterocycles. The summed E-state index contributed by atoms with van der Waals surface area (Å²) in [7, 11) is 1.70. The second-order valence-corrected chi connectivity index (χ2v) is 9.16. The molecule has 28 heavy (non-hydrogen) atoms. The van der Waals surface area contributed by atoms with Gasteiger partial charge in [0, 0.05) is 24.5 Å². The van der Waals surface area contributed by atoms with E-state index in [9.17, 15) is 14.7 Å². The first-order valence-corrected chi connectivity index (χ1v) is 10.8. The number of nitrogens with zero attached hydrogens (tertiary/aromatic N) is 6. The van der Waals surface area contributed by atoms with E-state index in [-0.39, 0.29) is 29.2 Å². The maximum Gasteiger partial charge on any atom is 0.352 e. The van der Waals surface area contributed by atoms with Gasteiger partial charge in [-0.3, -0.25) is 9.69 Å². The Hall–Kier alpha value is -2.17. The van der Waals surface area contributed by atoms with Crippen LogP contribution in [-0.4, -0.2) is 69.5 Å². The van der Waals surface area contributed by atoms with Gasteiger partial charge in [0.2, 0.25) is 5.16 Å². The second kappa shape index (κ2) is 7.02. The number of fused-ring (bicyclic) bond motifs is 1. The van der Waals surface area contributed by atoms with Gasteiger partial charge in [-0.1, -0.05) is 24.0 Å². The number of carboxylic acid groups (broad SMARTS) is 1. The monoisotopic (exact) mass is 437 g/mol. The van der Waals surface area contributed by atoms with E-state index in [0.29, 0.717) is 22.3 Å². The summed E-state index contributed by atoms with van der Waals surface area (Å²) in [5.74, 6) is -0.919. The van der Waals surface area contributed by atoms with Crippen molar-refractivity contribution < 1.29 is 14.7 Å². The molecular weight excluding hydrogens is 422 g/mol. The molecule has 1 unspecified atom stereocenters. The fourth-order valence-corrected chi connectivity index (χ4v) is 6.19. The Morgan fingerprint density at radius 2 is 2.43 bits per heavy atom. The van der Waals surface area contributed by atoms with E-state index in [4.69, 9.17) is 17.5 Å². The number of aliphatic carboxylic acids is 1. The summed E-state index contributed by atoms with van der Waals surface area (Å²) in [6.45, 7) is 0. The van der Waals surface area contributed by atoms with Crippen LogP contribution in [0, 0.1) is 23.2 Å². The number of β-lactam (4-membered cyclic amide) rings is 1. The quantitative estimate of drug-likeness (QED) is 0.353. The third-order valence-electron chi connectivity index (χ3n) is 4.92. The number of carbonyl (C=O) groups is 2. The number of amides is 1. The van der Waals surface area contributed by atoms with Gasteiger partial charge in [0.1, 0.15) is 11.1 Å². The average molecular weight is 438 g/mol. The molecule has 1 aliphatic carbocycles.